The van der Waals surface area contributed by atoms with Crippen LogP contribution in [0.3, 0.4) is 0 Å². The van der Waals surface area contributed by atoms with Crippen LogP contribution in [0.1, 0.15) is 90.9 Å². The van der Waals surface area contributed by atoms with Crippen molar-refractivity contribution in [2.75, 3.05) is 0 Å². The molecule has 0 bridgehead atoms. The molecule has 0 saturated heterocycles. The molecular formula is C15H31Na. The van der Waals surface area contributed by atoms with Gasteiger partial charge < -0.3 is 6.42 Å². The summed E-state index contributed by atoms with van der Waals surface area (Å²) < 4.78 is 0. The second-order valence-electron chi connectivity index (χ2n) is 4.69. The predicted octanol–water partition coefficient (Wildman–Crippen LogP) is 2.92. The minimum atomic E-state index is 0. The minimum absolute atomic E-state index is 0. The molecule has 0 aliphatic rings. The van der Waals surface area contributed by atoms with Gasteiger partial charge in [0, 0.05) is 0 Å². The fraction of sp³-hybridized carbons (Fsp3) is 0.933. The Morgan fingerprint density at radius 2 is 0.938 bits per heavy atom. The van der Waals surface area contributed by atoms with Crippen molar-refractivity contribution >= 4 is 0 Å². The van der Waals surface area contributed by atoms with E-state index in [0.717, 1.165) is 0 Å². The first-order valence-corrected chi connectivity index (χ1v) is 7.23. The van der Waals surface area contributed by atoms with Crippen molar-refractivity contribution in [3.05, 3.63) is 6.42 Å². The molecule has 0 N–H and O–H groups in total. The zero-order valence-corrected chi connectivity index (χ0v) is 14.1. The third-order valence-corrected chi connectivity index (χ3v) is 3.02. The number of rotatable bonds is 12. The Morgan fingerprint density at radius 3 is 1.44 bits per heavy atom. The minimum Gasteiger partial charge on any atom is -0.328 e. The van der Waals surface area contributed by atoms with Gasteiger partial charge in [0.1, 0.15) is 0 Å². The van der Waals surface area contributed by atoms with E-state index in [1.54, 1.807) is 0 Å². The largest absolute Gasteiger partial charge is 1.00 e. The molecule has 0 unspecified atom stereocenters. The van der Waals surface area contributed by atoms with Gasteiger partial charge in [0.15, 0.2) is 0 Å². The smallest absolute Gasteiger partial charge is 0.328 e. The molecule has 0 aliphatic heterocycles. The van der Waals surface area contributed by atoms with Crippen LogP contribution >= 0.6 is 0 Å². The summed E-state index contributed by atoms with van der Waals surface area (Å²) in [5, 5.41) is 0. The summed E-state index contributed by atoms with van der Waals surface area (Å²) in [6, 6.07) is 0. The summed E-state index contributed by atoms with van der Waals surface area (Å²) in [4.78, 5) is 0. The van der Waals surface area contributed by atoms with Crippen LogP contribution in [0.4, 0.5) is 0 Å². The maximum absolute atomic E-state index is 2.51. The normalized spacial score (nSPS) is 10.1. The fourth-order valence-electron chi connectivity index (χ4n) is 1.93. The molecule has 0 amide bonds. The van der Waals surface area contributed by atoms with E-state index in [1.165, 1.54) is 77.0 Å². The fourth-order valence-corrected chi connectivity index (χ4v) is 1.93. The Kier molecular flexibility index (Phi) is 22.2. The van der Waals surface area contributed by atoms with Crippen molar-refractivity contribution in [3.63, 3.8) is 0 Å². The molecule has 0 fully saturated rings. The molecular weight excluding hydrogens is 203 g/mol. The Morgan fingerprint density at radius 1 is 0.562 bits per heavy atom. The molecule has 92 valence electrons. The second-order valence-corrected chi connectivity index (χ2v) is 4.69. The van der Waals surface area contributed by atoms with Gasteiger partial charge >= 0.3 is 29.6 Å². The molecule has 0 saturated carbocycles. The van der Waals surface area contributed by atoms with E-state index in [-0.39, 0.29) is 29.6 Å². The van der Waals surface area contributed by atoms with Crippen LogP contribution in [0, 0.1) is 6.42 Å². The number of hydrogen-bond donors (Lipinski definition) is 0. The van der Waals surface area contributed by atoms with Gasteiger partial charge in [0.2, 0.25) is 0 Å². The van der Waals surface area contributed by atoms with Crippen LogP contribution in [0.2, 0.25) is 0 Å². The first-order valence-electron chi connectivity index (χ1n) is 7.23. The summed E-state index contributed by atoms with van der Waals surface area (Å²) >= 11 is 0. The van der Waals surface area contributed by atoms with Gasteiger partial charge in [0.05, 0.1) is 0 Å². The summed E-state index contributed by atoms with van der Waals surface area (Å²) in [6.07, 6.45) is 19.4. The van der Waals surface area contributed by atoms with Crippen LogP contribution in [-0.4, -0.2) is 0 Å². The molecule has 0 spiro atoms. The third-order valence-electron chi connectivity index (χ3n) is 3.02. The zero-order valence-electron chi connectivity index (χ0n) is 12.1. The Labute approximate surface area is 126 Å². The van der Waals surface area contributed by atoms with Crippen LogP contribution in [0.15, 0.2) is 0 Å². The molecule has 0 heterocycles. The van der Waals surface area contributed by atoms with E-state index in [9.17, 15) is 0 Å². The second kappa shape index (κ2) is 18.4. The van der Waals surface area contributed by atoms with Crippen molar-refractivity contribution in [2.24, 2.45) is 0 Å². The summed E-state index contributed by atoms with van der Waals surface area (Å²) in [5.41, 5.74) is 0. The number of hydrogen-bond acceptors (Lipinski definition) is 0. The summed E-state index contributed by atoms with van der Waals surface area (Å²) in [7, 11) is 0. The number of unbranched alkanes of at least 4 members (excludes halogenated alkanes) is 12. The van der Waals surface area contributed by atoms with Crippen LogP contribution in [0.5, 0.6) is 0 Å². The average molecular weight is 234 g/mol. The standard InChI is InChI=1S/C15H31.Na/c1-3-5-7-9-11-13-15-14-12-10-8-6-4-2;/h13H,3-12,14-15H2,1-2H3;/q-1;+1. The van der Waals surface area contributed by atoms with Gasteiger partial charge in [0.25, 0.3) is 0 Å². The van der Waals surface area contributed by atoms with Crippen molar-refractivity contribution in [1.29, 1.82) is 0 Å². The van der Waals surface area contributed by atoms with E-state index in [0.29, 0.717) is 0 Å². The summed E-state index contributed by atoms with van der Waals surface area (Å²) in [6.45, 7) is 4.56. The maximum atomic E-state index is 2.51. The van der Waals surface area contributed by atoms with Gasteiger partial charge in [-0.2, -0.15) is 12.8 Å². The molecule has 0 aromatic carbocycles. The maximum Gasteiger partial charge on any atom is 1.00 e. The molecule has 0 nitrogen and oxygen atoms in total. The molecule has 0 aliphatic carbocycles. The molecule has 16 heavy (non-hydrogen) atoms. The van der Waals surface area contributed by atoms with E-state index in [4.69, 9.17) is 0 Å². The summed E-state index contributed by atoms with van der Waals surface area (Å²) in [5.74, 6) is 0. The van der Waals surface area contributed by atoms with E-state index in [2.05, 4.69) is 20.3 Å². The van der Waals surface area contributed by atoms with E-state index in [1.807, 2.05) is 0 Å². The Balaban J connectivity index is 0. The van der Waals surface area contributed by atoms with Crippen LogP contribution in [0.25, 0.3) is 0 Å². The van der Waals surface area contributed by atoms with Crippen molar-refractivity contribution < 1.29 is 29.6 Å². The van der Waals surface area contributed by atoms with Crippen LogP contribution in [-0.2, 0) is 0 Å². The monoisotopic (exact) mass is 234 g/mol. The van der Waals surface area contributed by atoms with Crippen molar-refractivity contribution in [1.82, 2.24) is 0 Å². The molecule has 0 aromatic heterocycles. The van der Waals surface area contributed by atoms with Crippen molar-refractivity contribution in [2.45, 2.75) is 90.9 Å². The van der Waals surface area contributed by atoms with Crippen molar-refractivity contribution in [3.8, 4) is 0 Å². The molecule has 1 heteroatoms. The molecule has 0 aromatic rings. The molecule has 0 radical (unpaired) electrons. The Hall–Kier alpha value is 1.00. The first-order chi connectivity index (χ1) is 7.41. The SMILES string of the molecule is CCCCCC[CH-]CCCCCCCC.[Na+]. The van der Waals surface area contributed by atoms with Gasteiger partial charge in [-0.15, -0.1) is 0 Å². The quantitative estimate of drug-likeness (QED) is 0.277. The van der Waals surface area contributed by atoms with E-state index >= 15 is 0 Å². The topological polar surface area (TPSA) is 0 Å². The van der Waals surface area contributed by atoms with E-state index < -0.39 is 0 Å². The average Bonchev–Trinajstić information content (AvgIpc) is 2.26. The predicted molar refractivity (Wildman–Crippen MR) is 71.1 cm³/mol. The van der Waals surface area contributed by atoms with Crippen LogP contribution < -0.4 is 29.6 Å². The van der Waals surface area contributed by atoms with Gasteiger partial charge in [-0.25, -0.2) is 0 Å². The Bertz CT molecular complexity index is 89.6. The van der Waals surface area contributed by atoms with Gasteiger partial charge in [-0.1, -0.05) is 78.1 Å². The zero-order chi connectivity index (χ0) is 11.2. The third kappa shape index (κ3) is 17.4. The molecule has 0 atom stereocenters. The van der Waals surface area contributed by atoms with Gasteiger partial charge in [-0.05, 0) is 0 Å². The first kappa shape index (κ1) is 19.3. The van der Waals surface area contributed by atoms with Gasteiger partial charge in [-0.3, -0.25) is 0 Å². The molecule has 0 rings (SSSR count).